The molecule has 2 N–H and O–H groups in total. The fraction of sp³-hybridized carbons (Fsp3) is 0.140. The summed E-state index contributed by atoms with van der Waals surface area (Å²) in [6.07, 6.45) is 0. The van der Waals surface area contributed by atoms with Crippen molar-refractivity contribution >= 4 is 37.6 Å². The minimum Gasteiger partial charge on any atom is -0.379 e. The van der Waals surface area contributed by atoms with E-state index in [0.717, 1.165) is 22.3 Å². The molecule has 9 nitrogen and oxygen atoms in total. The minimum absolute atomic E-state index is 0.0190. The fourth-order valence-electron chi connectivity index (χ4n) is 6.01. The van der Waals surface area contributed by atoms with Gasteiger partial charge in [-0.25, -0.2) is 4.79 Å². The molecule has 0 aliphatic rings. The number of para-hydroxylation sites is 2. The Kier molecular flexibility index (Phi) is 10.7. The molecule has 0 heterocycles. The van der Waals surface area contributed by atoms with Crippen molar-refractivity contribution in [3.63, 3.8) is 0 Å². The Labute approximate surface area is 316 Å². The number of hydrogen-bond donors (Lipinski definition) is 2. The maximum atomic E-state index is 13.3. The lowest BCUT2D eigenvalue weighted by molar-refractivity contribution is 0.262. The monoisotopic (exact) mass is 760 g/mol. The lowest BCUT2D eigenvalue weighted by atomic mass is 9.78. The number of urea groups is 1. The summed E-state index contributed by atoms with van der Waals surface area (Å²) in [4.78, 5) is 13.0. The topological polar surface area (TPSA) is 128 Å². The number of rotatable bonds is 12. The van der Waals surface area contributed by atoms with Gasteiger partial charge >= 0.3 is 26.3 Å². The van der Waals surface area contributed by atoms with E-state index in [0.29, 0.717) is 0 Å². The van der Waals surface area contributed by atoms with E-state index in [4.69, 9.17) is 8.37 Å². The van der Waals surface area contributed by atoms with E-state index in [1.165, 1.54) is 54.6 Å². The fourth-order valence-corrected chi connectivity index (χ4v) is 7.88. The van der Waals surface area contributed by atoms with Crippen LogP contribution in [0.3, 0.4) is 0 Å². The lowest BCUT2D eigenvalue weighted by Gasteiger charge is -2.26. The first-order chi connectivity index (χ1) is 25.6. The van der Waals surface area contributed by atoms with Crippen LogP contribution in [0.15, 0.2) is 168 Å². The molecular weight excluding hydrogens is 721 g/mol. The summed E-state index contributed by atoms with van der Waals surface area (Å²) >= 11 is 0. The molecule has 0 aliphatic carbocycles. The third-order valence-corrected chi connectivity index (χ3v) is 11.9. The van der Waals surface area contributed by atoms with Crippen LogP contribution in [0.1, 0.15) is 49.9 Å². The Bertz CT molecular complexity index is 2470. The Balaban J connectivity index is 1.10. The summed E-state index contributed by atoms with van der Waals surface area (Å²) in [5.74, 6) is -0.114. The van der Waals surface area contributed by atoms with Crippen molar-refractivity contribution in [1.82, 2.24) is 0 Å². The minimum atomic E-state index is -4.27. The van der Waals surface area contributed by atoms with E-state index >= 15 is 0 Å². The Hall–Kier alpha value is -5.91. The highest BCUT2D eigenvalue weighted by Crippen LogP contribution is 2.34. The molecule has 2 amide bonds. The molecule has 0 fully saturated rings. The van der Waals surface area contributed by atoms with Gasteiger partial charge in [-0.05, 0) is 70.8 Å². The number of anilines is 2. The van der Waals surface area contributed by atoms with E-state index in [1.54, 1.807) is 42.5 Å². The van der Waals surface area contributed by atoms with Crippen molar-refractivity contribution < 1.29 is 30.0 Å². The first kappa shape index (κ1) is 37.8. The zero-order valence-electron chi connectivity index (χ0n) is 30.2. The van der Waals surface area contributed by atoms with Crippen molar-refractivity contribution in [3.05, 3.63) is 180 Å². The van der Waals surface area contributed by atoms with Gasteiger partial charge < -0.3 is 19.0 Å². The normalized spacial score (nSPS) is 12.1. The second-order valence-corrected chi connectivity index (χ2v) is 16.8. The van der Waals surface area contributed by atoms with Crippen molar-refractivity contribution in [3.8, 4) is 11.5 Å². The third-order valence-electron chi connectivity index (χ3n) is 9.35. The number of carbonyl (C=O) groups is 1. The average Bonchev–Trinajstić information content (AvgIpc) is 3.16. The molecule has 0 spiro atoms. The summed E-state index contributed by atoms with van der Waals surface area (Å²) in [7, 11) is -8.48. The lowest BCUT2D eigenvalue weighted by Crippen LogP contribution is -2.21. The van der Waals surface area contributed by atoms with Gasteiger partial charge in [0.25, 0.3) is 0 Å². The maximum absolute atomic E-state index is 13.3. The molecule has 0 saturated carbocycles. The molecule has 11 heteroatoms. The molecule has 0 aliphatic heterocycles. The summed E-state index contributed by atoms with van der Waals surface area (Å²) in [6, 6.07) is 44.2. The average molecular weight is 761 g/mol. The molecule has 0 saturated heterocycles. The first-order valence-corrected chi connectivity index (χ1v) is 19.9. The second-order valence-electron chi connectivity index (χ2n) is 13.7. The molecular formula is C43H40N2O7S2. The number of nitrogens with one attached hydrogen (secondary N) is 2. The maximum Gasteiger partial charge on any atom is 0.339 e. The third kappa shape index (κ3) is 8.48. The van der Waals surface area contributed by atoms with Gasteiger partial charge in [0, 0.05) is 22.6 Å². The predicted molar refractivity (Wildman–Crippen MR) is 211 cm³/mol. The summed E-state index contributed by atoms with van der Waals surface area (Å²) in [5.41, 5.74) is 3.65. The Morgan fingerprint density at radius 1 is 0.481 bits per heavy atom. The van der Waals surface area contributed by atoms with Crippen molar-refractivity contribution in [2.24, 2.45) is 0 Å². The summed E-state index contributed by atoms with van der Waals surface area (Å²) in [5, 5.41) is 5.23. The highest BCUT2D eigenvalue weighted by atomic mass is 32.2. The molecule has 54 heavy (non-hydrogen) atoms. The number of carbonyl (C=O) groups excluding carboxylic acids is 1. The molecule has 0 atom stereocenters. The Morgan fingerprint density at radius 2 is 0.926 bits per heavy atom. The van der Waals surface area contributed by atoms with E-state index in [1.807, 2.05) is 60.7 Å². The SMILES string of the molecule is CC(C)(c1ccccc1)c1ccc(S(=O)(=O)Oc2cccc(NC(=O)Nc3ccccc3OS(=O)(=O)c3ccc(C(C)(C)c4ccccc4)cc3)c2)cc1. The standard InChI is InChI=1S/C43H40N2O7S2/c1-42(2,31-14-7-5-8-15-31)33-22-26-37(27-23-33)53(47,48)51-36-19-13-18-35(30-36)44-41(46)45-39-20-11-12-21-40(39)52-54(49,50)38-28-24-34(25-29-38)43(3,4)32-16-9-6-10-17-32/h5-30H,1-4H3,(H2,44,45,46). The van der Waals surface area contributed by atoms with Crippen molar-refractivity contribution in [2.75, 3.05) is 10.6 Å². The Morgan fingerprint density at radius 3 is 1.44 bits per heavy atom. The number of benzene rings is 6. The zero-order valence-corrected chi connectivity index (χ0v) is 31.8. The van der Waals surface area contributed by atoms with Gasteiger partial charge in [0.1, 0.15) is 15.5 Å². The van der Waals surface area contributed by atoms with Crippen LogP contribution in [0.25, 0.3) is 0 Å². The van der Waals surface area contributed by atoms with Crippen LogP contribution in [-0.2, 0) is 31.1 Å². The smallest absolute Gasteiger partial charge is 0.339 e. The van der Waals surface area contributed by atoms with Gasteiger partial charge in [-0.3, -0.25) is 0 Å². The highest BCUT2D eigenvalue weighted by Gasteiger charge is 2.26. The molecule has 0 radical (unpaired) electrons. The summed E-state index contributed by atoms with van der Waals surface area (Å²) < 4.78 is 63.9. The number of amides is 2. The van der Waals surface area contributed by atoms with Gasteiger partial charge in [0.05, 0.1) is 5.69 Å². The van der Waals surface area contributed by atoms with E-state index in [2.05, 4.69) is 38.3 Å². The van der Waals surface area contributed by atoms with Gasteiger partial charge in [0.2, 0.25) is 0 Å². The quantitative estimate of drug-likeness (QED) is 0.119. The molecule has 6 rings (SSSR count). The number of hydrogen-bond acceptors (Lipinski definition) is 7. The van der Waals surface area contributed by atoms with E-state index in [-0.39, 0.29) is 43.5 Å². The van der Waals surface area contributed by atoms with Gasteiger partial charge in [-0.2, -0.15) is 16.8 Å². The van der Waals surface area contributed by atoms with Gasteiger partial charge in [-0.15, -0.1) is 0 Å². The van der Waals surface area contributed by atoms with Gasteiger partial charge in [0.15, 0.2) is 5.75 Å². The largest absolute Gasteiger partial charge is 0.379 e. The molecule has 0 aromatic heterocycles. The van der Waals surface area contributed by atoms with Crippen LogP contribution in [0.2, 0.25) is 0 Å². The van der Waals surface area contributed by atoms with Crippen LogP contribution in [-0.4, -0.2) is 22.9 Å². The van der Waals surface area contributed by atoms with Crippen LogP contribution in [0, 0.1) is 0 Å². The first-order valence-electron chi connectivity index (χ1n) is 17.1. The van der Waals surface area contributed by atoms with E-state index in [9.17, 15) is 21.6 Å². The summed E-state index contributed by atoms with van der Waals surface area (Å²) in [6.45, 7) is 8.26. The van der Waals surface area contributed by atoms with Gasteiger partial charge in [-0.1, -0.05) is 131 Å². The molecule has 0 bridgehead atoms. The van der Waals surface area contributed by atoms with Crippen LogP contribution < -0.4 is 19.0 Å². The highest BCUT2D eigenvalue weighted by molar-refractivity contribution is 7.87. The van der Waals surface area contributed by atoms with Crippen LogP contribution >= 0.6 is 0 Å². The van der Waals surface area contributed by atoms with Crippen molar-refractivity contribution in [1.29, 1.82) is 0 Å². The predicted octanol–water partition coefficient (Wildman–Crippen LogP) is 9.52. The van der Waals surface area contributed by atoms with E-state index < -0.39 is 26.3 Å². The second kappa shape index (κ2) is 15.2. The molecule has 6 aromatic rings. The zero-order chi connectivity index (χ0) is 38.6. The molecule has 6 aromatic carbocycles. The molecule has 0 unspecified atom stereocenters. The molecule has 276 valence electrons. The van der Waals surface area contributed by atoms with Crippen LogP contribution in [0.5, 0.6) is 11.5 Å². The van der Waals surface area contributed by atoms with Crippen molar-refractivity contribution in [2.45, 2.75) is 48.3 Å². The van der Waals surface area contributed by atoms with Crippen LogP contribution in [0.4, 0.5) is 16.2 Å².